The van der Waals surface area contributed by atoms with Gasteiger partial charge in [-0.3, -0.25) is 4.90 Å². The summed E-state index contributed by atoms with van der Waals surface area (Å²) in [5.41, 5.74) is 0. The highest BCUT2D eigenvalue weighted by atomic mass is 15.2. The van der Waals surface area contributed by atoms with Gasteiger partial charge in [-0.25, -0.2) is 0 Å². The molecular formula is C12H20N2. The molecule has 2 rings (SSSR count). The molecule has 0 bridgehead atoms. The predicted octanol–water partition coefficient (Wildman–Crippen LogP) is 1.23. The Hall–Kier alpha value is -0.520. The van der Waals surface area contributed by atoms with Crippen LogP contribution in [0.5, 0.6) is 0 Å². The molecule has 1 aliphatic carbocycles. The molecule has 1 heterocycles. The van der Waals surface area contributed by atoms with Crippen molar-refractivity contribution >= 4 is 0 Å². The molecular weight excluding hydrogens is 172 g/mol. The van der Waals surface area contributed by atoms with E-state index in [2.05, 4.69) is 22.1 Å². The standard InChI is InChI=1S/C12H20N2/c1-2-3-9-14(12-6-7-12)10-11-5-4-8-13-11/h11-13H,4-10H2,1H3. The van der Waals surface area contributed by atoms with Gasteiger partial charge < -0.3 is 5.32 Å². The van der Waals surface area contributed by atoms with Crippen molar-refractivity contribution in [1.29, 1.82) is 0 Å². The second-order valence-corrected chi connectivity index (χ2v) is 4.38. The van der Waals surface area contributed by atoms with Crippen molar-refractivity contribution in [1.82, 2.24) is 10.2 Å². The molecule has 0 aromatic carbocycles. The van der Waals surface area contributed by atoms with Gasteiger partial charge in [-0.15, -0.1) is 5.92 Å². The van der Waals surface area contributed by atoms with Gasteiger partial charge in [0.1, 0.15) is 0 Å². The fourth-order valence-electron chi connectivity index (χ4n) is 2.16. The van der Waals surface area contributed by atoms with Crippen molar-refractivity contribution in [2.45, 2.75) is 44.7 Å². The number of hydrogen-bond acceptors (Lipinski definition) is 2. The van der Waals surface area contributed by atoms with Gasteiger partial charge in [0.05, 0.1) is 6.54 Å². The zero-order chi connectivity index (χ0) is 9.80. The van der Waals surface area contributed by atoms with Crippen molar-refractivity contribution < 1.29 is 0 Å². The lowest BCUT2D eigenvalue weighted by Crippen LogP contribution is -2.39. The minimum Gasteiger partial charge on any atom is -0.313 e. The molecule has 78 valence electrons. The van der Waals surface area contributed by atoms with Crippen LogP contribution in [0.15, 0.2) is 0 Å². The van der Waals surface area contributed by atoms with Crippen LogP contribution >= 0.6 is 0 Å². The van der Waals surface area contributed by atoms with Crippen LogP contribution in [0.25, 0.3) is 0 Å². The molecule has 2 nitrogen and oxygen atoms in total. The van der Waals surface area contributed by atoms with Crippen molar-refractivity contribution in [3.63, 3.8) is 0 Å². The predicted molar refractivity (Wildman–Crippen MR) is 59.1 cm³/mol. The first-order valence-corrected chi connectivity index (χ1v) is 5.77. The normalized spacial score (nSPS) is 26.3. The monoisotopic (exact) mass is 192 g/mol. The lowest BCUT2D eigenvalue weighted by atomic mass is 10.2. The Balaban J connectivity index is 1.79. The molecule has 1 saturated heterocycles. The maximum Gasteiger partial charge on any atom is 0.0604 e. The largest absolute Gasteiger partial charge is 0.313 e. The van der Waals surface area contributed by atoms with E-state index in [1.54, 1.807) is 0 Å². The summed E-state index contributed by atoms with van der Waals surface area (Å²) in [4.78, 5) is 2.56. The Morgan fingerprint density at radius 3 is 2.79 bits per heavy atom. The first-order chi connectivity index (χ1) is 6.90. The van der Waals surface area contributed by atoms with Crippen molar-refractivity contribution in [2.24, 2.45) is 0 Å². The first-order valence-electron chi connectivity index (χ1n) is 5.77. The average molecular weight is 192 g/mol. The summed E-state index contributed by atoms with van der Waals surface area (Å²) in [6.45, 7) is 5.32. The van der Waals surface area contributed by atoms with Crippen LogP contribution in [0.2, 0.25) is 0 Å². The molecule has 1 saturated carbocycles. The molecule has 2 heteroatoms. The second kappa shape index (κ2) is 4.82. The summed E-state index contributed by atoms with van der Waals surface area (Å²) in [7, 11) is 0. The van der Waals surface area contributed by atoms with Crippen LogP contribution in [0.3, 0.4) is 0 Å². The Morgan fingerprint density at radius 2 is 2.21 bits per heavy atom. The lowest BCUT2D eigenvalue weighted by Gasteiger charge is -2.23. The van der Waals surface area contributed by atoms with Crippen LogP contribution in [-0.4, -0.2) is 36.6 Å². The van der Waals surface area contributed by atoms with Gasteiger partial charge in [0.2, 0.25) is 0 Å². The Morgan fingerprint density at radius 1 is 1.36 bits per heavy atom. The molecule has 0 amide bonds. The van der Waals surface area contributed by atoms with Crippen LogP contribution in [0.1, 0.15) is 32.6 Å². The van der Waals surface area contributed by atoms with Crippen LogP contribution in [-0.2, 0) is 0 Å². The summed E-state index contributed by atoms with van der Waals surface area (Å²) in [5.74, 6) is 6.19. The zero-order valence-corrected chi connectivity index (χ0v) is 9.05. The first kappa shape index (κ1) is 10.0. The third kappa shape index (κ3) is 2.73. The van der Waals surface area contributed by atoms with Gasteiger partial charge in [-0.05, 0) is 39.2 Å². The number of nitrogens with zero attached hydrogens (tertiary/aromatic N) is 1. The second-order valence-electron chi connectivity index (χ2n) is 4.38. The van der Waals surface area contributed by atoms with E-state index in [9.17, 15) is 0 Å². The number of hydrogen-bond donors (Lipinski definition) is 1. The van der Waals surface area contributed by atoms with E-state index >= 15 is 0 Å². The van der Waals surface area contributed by atoms with Crippen LogP contribution < -0.4 is 5.32 Å². The van der Waals surface area contributed by atoms with Crippen LogP contribution in [0.4, 0.5) is 0 Å². The van der Waals surface area contributed by atoms with E-state index in [0.29, 0.717) is 0 Å². The minimum atomic E-state index is 0.731. The number of rotatable bonds is 4. The SMILES string of the molecule is CC#CCN(CC1CCCN1)C1CC1. The third-order valence-corrected chi connectivity index (χ3v) is 3.14. The fourth-order valence-corrected chi connectivity index (χ4v) is 2.16. The van der Waals surface area contributed by atoms with E-state index in [-0.39, 0.29) is 0 Å². The van der Waals surface area contributed by atoms with Gasteiger partial charge in [0.15, 0.2) is 0 Å². The van der Waals surface area contributed by atoms with E-state index in [4.69, 9.17) is 0 Å². The zero-order valence-electron chi connectivity index (χ0n) is 9.05. The molecule has 0 spiro atoms. The summed E-state index contributed by atoms with van der Waals surface area (Å²) >= 11 is 0. The molecule has 0 aromatic rings. The maximum atomic E-state index is 3.56. The van der Waals surface area contributed by atoms with Gasteiger partial charge in [0.25, 0.3) is 0 Å². The molecule has 2 fully saturated rings. The van der Waals surface area contributed by atoms with Gasteiger partial charge in [-0.2, -0.15) is 0 Å². The summed E-state index contributed by atoms with van der Waals surface area (Å²) < 4.78 is 0. The van der Waals surface area contributed by atoms with E-state index in [1.807, 2.05) is 6.92 Å². The fraction of sp³-hybridized carbons (Fsp3) is 0.833. The van der Waals surface area contributed by atoms with Gasteiger partial charge >= 0.3 is 0 Å². The lowest BCUT2D eigenvalue weighted by molar-refractivity contribution is 0.267. The van der Waals surface area contributed by atoms with E-state index in [0.717, 1.165) is 18.6 Å². The quantitative estimate of drug-likeness (QED) is 0.674. The third-order valence-electron chi connectivity index (χ3n) is 3.14. The summed E-state index contributed by atoms with van der Waals surface area (Å²) in [5, 5.41) is 3.56. The minimum absolute atomic E-state index is 0.731. The van der Waals surface area contributed by atoms with Crippen molar-refractivity contribution in [3.8, 4) is 11.8 Å². The summed E-state index contributed by atoms with van der Waals surface area (Å²) in [6, 6.07) is 1.58. The highest BCUT2D eigenvalue weighted by Gasteiger charge is 2.30. The molecule has 0 aromatic heterocycles. The molecule has 1 N–H and O–H groups in total. The molecule has 0 radical (unpaired) electrons. The molecule has 1 atom stereocenters. The Labute approximate surface area is 87.1 Å². The van der Waals surface area contributed by atoms with E-state index < -0.39 is 0 Å². The topological polar surface area (TPSA) is 15.3 Å². The molecule has 1 unspecified atom stereocenters. The highest BCUT2D eigenvalue weighted by molar-refractivity contribution is 5.01. The van der Waals surface area contributed by atoms with Crippen molar-refractivity contribution in [3.05, 3.63) is 0 Å². The summed E-state index contributed by atoms with van der Waals surface area (Å²) in [6.07, 6.45) is 5.47. The van der Waals surface area contributed by atoms with Crippen molar-refractivity contribution in [2.75, 3.05) is 19.6 Å². The highest BCUT2D eigenvalue weighted by Crippen LogP contribution is 2.27. The average Bonchev–Trinajstić information content (AvgIpc) is 2.92. The Kier molecular flexibility index (Phi) is 3.44. The number of nitrogens with one attached hydrogen (secondary N) is 1. The smallest absolute Gasteiger partial charge is 0.0604 e. The van der Waals surface area contributed by atoms with Gasteiger partial charge in [-0.1, -0.05) is 5.92 Å². The van der Waals surface area contributed by atoms with Gasteiger partial charge in [0, 0.05) is 18.6 Å². The molecule has 14 heavy (non-hydrogen) atoms. The Bertz CT molecular complexity index is 228. The maximum absolute atomic E-state index is 3.56. The van der Waals surface area contributed by atoms with Crippen LogP contribution in [0, 0.1) is 11.8 Å². The molecule has 2 aliphatic rings. The molecule has 1 aliphatic heterocycles. The van der Waals surface area contributed by atoms with E-state index in [1.165, 1.54) is 38.8 Å².